The fraction of sp³-hybridized carbons (Fsp3) is 0.500. The van der Waals surface area contributed by atoms with Gasteiger partial charge in [0, 0.05) is 18.3 Å². The zero-order valence-corrected chi connectivity index (χ0v) is 10.9. The van der Waals surface area contributed by atoms with Crippen LogP contribution in [0.1, 0.15) is 19.3 Å². The second kappa shape index (κ2) is 5.26. The monoisotopic (exact) mass is 270 g/mol. The molecule has 0 amide bonds. The van der Waals surface area contributed by atoms with E-state index in [1.807, 2.05) is 0 Å². The number of nitrogens with one attached hydrogen (secondary N) is 1. The maximum absolute atomic E-state index is 12.1. The highest BCUT2D eigenvalue weighted by atomic mass is 32.2. The third kappa shape index (κ3) is 2.82. The number of benzene rings is 1. The van der Waals surface area contributed by atoms with Crippen LogP contribution in [0.2, 0.25) is 0 Å². The van der Waals surface area contributed by atoms with Gasteiger partial charge in [0.05, 0.1) is 4.90 Å². The summed E-state index contributed by atoms with van der Waals surface area (Å²) in [6.07, 6.45) is 2.59. The fourth-order valence-corrected chi connectivity index (χ4v) is 3.66. The summed E-state index contributed by atoms with van der Waals surface area (Å²) in [6, 6.07) is 5.93. The average molecular weight is 270 g/mol. The Morgan fingerprint density at radius 3 is 2.56 bits per heavy atom. The first kappa shape index (κ1) is 13.3. The average Bonchev–Trinajstić information content (AvgIpc) is 2.76. The maximum Gasteiger partial charge on any atom is 0.240 e. The summed E-state index contributed by atoms with van der Waals surface area (Å²) >= 11 is 0. The molecule has 2 atom stereocenters. The molecule has 0 spiro atoms. The number of nitrogens with two attached hydrogens (primary N) is 1. The van der Waals surface area contributed by atoms with Crippen molar-refractivity contribution in [2.75, 3.05) is 12.3 Å². The van der Waals surface area contributed by atoms with Crippen LogP contribution in [0.25, 0.3) is 0 Å². The number of rotatable bonds is 4. The van der Waals surface area contributed by atoms with E-state index in [2.05, 4.69) is 4.72 Å². The molecule has 2 unspecified atom stereocenters. The minimum Gasteiger partial charge on any atom is -0.399 e. The molecule has 0 heterocycles. The van der Waals surface area contributed by atoms with Crippen LogP contribution in [0, 0.1) is 5.92 Å². The van der Waals surface area contributed by atoms with Gasteiger partial charge in [0.1, 0.15) is 0 Å². The molecule has 1 aliphatic carbocycles. The molecule has 2 rings (SSSR count). The Balaban J connectivity index is 2.14. The largest absolute Gasteiger partial charge is 0.399 e. The Hall–Kier alpha value is -1.11. The molecule has 0 saturated heterocycles. The van der Waals surface area contributed by atoms with Gasteiger partial charge in [-0.25, -0.2) is 13.1 Å². The van der Waals surface area contributed by atoms with E-state index in [0.717, 1.165) is 19.3 Å². The van der Waals surface area contributed by atoms with Gasteiger partial charge in [0.15, 0.2) is 0 Å². The maximum atomic E-state index is 12.1. The molecule has 1 fully saturated rings. The van der Waals surface area contributed by atoms with E-state index < -0.39 is 10.0 Å². The quantitative estimate of drug-likeness (QED) is 0.702. The Morgan fingerprint density at radius 2 is 1.94 bits per heavy atom. The van der Waals surface area contributed by atoms with Crippen LogP contribution in [0.5, 0.6) is 0 Å². The van der Waals surface area contributed by atoms with Crippen LogP contribution in [0.4, 0.5) is 5.69 Å². The van der Waals surface area contributed by atoms with Crippen molar-refractivity contribution in [2.45, 2.75) is 30.2 Å². The predicted octanol–water partition coefficient (Wildman–Crippen LogP) is 0.708. The van der Waals surface area contributed by atoms with E-state index in [1.165, 1.54) is 12.1 Å². The van der Waals surface area contributed by atoms with Gasteiger partial charge in [-0.15, -0.1) is 0 Å². The number of aliphatic hydroxyl groups excluding tert-OH is 1. The topological polar surface area (TPSA) is 92.4 Å². The van der Waals surface area contributed by atoms with Crippen LogP contribution in [0.3, 0.4) is 0 Å². The van der Waals surface area contributed by atoms with Crippen molar-refractivity contribution in [1.82, 2.24) is 4.72 Å². The van der Waals surface area contributed by atoms with Crippen molar-refractivity contribution >= 4 is 15.7 Å². The van der Waals surface area contributed by atoms with Crippen molar-refractivity contribution in [1.29, 1.82) is 0 Å². The highest BCUT2D eigenvalue weighted by Crippen LogP contribution is 2.26. The normalized spacial score (nSPS) is 24.3. The molecule has 1 aromatic rings. The smallest absolute Gasteiger partial charge is 0.240 e. The zero-order chi connectivity index (χ0) is 13.2. The zero-order valence-electron chi connectivity index (χ0n) is 10.0. The Morgan fingerprint density at radius 1 is 1.28 bits per heavy atom. The summed E-state index contributed by atoms with van der Waals surface area (Å²) in [5, 5.41) is 9.19. The number of aliphatic hydroxyl groups is 1. The van der Waals surface area contributed by atoms with E-state index in [0.29, 0.717) is 5.69 Å². The molecule has 100 valence electrons. The van der Waals surface area contributed by atoms with Gasteiger partial charge in [-0.3, -0.25) is 0 Å². The van der Waals surface area contributed by atoms with Crippen LogP contribution >= 0.6 is 0 Å². The lowest BCUT2D eigenvalue weighted by Crippen LogP contribution is -2.38. The van der Waals surface area contributed by atoms with Gasteiger partial charge in [0.25, 0.3) is 0 Å². The van der Waals surface area contributed by atoms with Crippen LogP contribution in [-0.4, -0.2) is 26.2 Å². The molecule has 0 aromatic heterocycles. The van der Waals surface area contributed by atoms with Crippen molar-refractivity contribution in [3.8, 4) is 0 Å². The van der Waals surface area contributed by atoms with Gasteiger partial charge in [-0.05, 0) is 43.0 Å². The third-order valence-corrected chi connectivity index (χ3v) is 4.90. The molecule has 1 aliphatic rings. The first-order valence-electron chi connectivity index (χ1n) is 6.01. The molecule has 1 aromatic carbocycles. The summed E-state index contributed by atoms with van der Waals surface area (Å²) in [5.41, 5.74) is 6.06. The van der Waals surface area contributed by atoms with Gasteiger partial charge < -0.3 is 10.8 Å². The summed E-state index contributed by atoms with van der Waals surface area (Å²) in [4.78, 5) is 0.209. The second-order valence-corrected chi connectivity index (χ2v) is 6.38. The SMILES string of the molecule is Nc1ccc(S(=O)(=O)NC2CCCC2CO)cc1. The Kier molecular flexibility index (Phi) is 3.89. The fourth-order valence-electron chi connectivity index (χ4n) is 2.32. The minimum absolute atomic E-state index is 0.0218. The van der Waals surface area contributed by atoms with E-state index in [9.17, 15) is 13.5 Å². The van der Waals surface area contributed by atoms with E-state index in [4.69, 9.17) is 5.73 Å². The van der Waals surface area contributed by atoms with Crippen LogP contribution in [-0.2, 0) is 10.0 Å². The minimum atomic E-state index is -3.52. The second-order valence-electron chi connectivity index (χ2n) is 4.67. The molecule has 18 heavy (non-hydrogen) atoms. The number of anilines is 1. The molecule has 0 bridgehead atoms. The lowest BCUT2D eigenvalue weighted by Gasteiger charge is -2.19. The number of hydrogen-bond donors (Lipinski definition) is 3. The lowest BCUT2D eigenvalue weighted by atomic mass is 10.1. The summed E-state index contributed by atoms with van der Waals surface area (Å²) in [7, 11) is -3.52. The number of nitrogen functional groups attached to an aromatic ring is 1. The molecular formula is C12H18N2O3S. The predicted molar refractivity (Wildman–Crippen MR) is 69.4 cm³/mol. The Labute approximate surface area is 107 Å². The van der Waals surface area contributed by atoms with Crippen LogP contribution < -0.4 is 10.5 Å². The van der Waals surface area contributed by atoms with Gasteiger partial charge >= 0.3 is 0 Å². The van der Waals surface area contributed by atoms with Crippen molar-refractivity contribution in [3.05, 3.63) is 24.3 Å². The first-order chi connectivity index (χ1) is 8.53. The molecular weight excluding hydrogens is 252 g/mol. The summed E-state index contributed by atoms with van der Waals surface area (Å²) < 4.78 is 26.9. The lowest BCUT2D eigenvalue weighted by molar-refractivity contribution is 0.213. The molecule has 0 radical (unpaired) electrons. The van der Waals surface area contributed by atoms with E-state index >= 15 is 0 Å². The van der Waals surface area contributed by atoms with Gasteiger partial charge in [0.2, 0.25) is 10.0 Å². The molecule has 6 heteroatoms. The third-order valence-electron chi connectivity index (χ3n) is 3.39. The molecule has 5 nitrogen and oxygen atoms in total. The summed E-state index contributed by atoms with van der Waals surface area (Å²) in [6.45, 7) is 0.0227. The van der Waals surface area contributed by atoms with Crippen molar-refractivity contribution in [2.24, 2.45) is 5.92 Å². The molecule has 1 saturated carbocycles. The van der Waals surface area contributed by atoms with Gasteiger partial charge in [-0.2, -0.15) is 0 Å². The van der Waals surface area contributed by atoms with Crippen LogP contribution in [0.15, 0.2) is 29.2 Å². The highest BCUT2D eigenvalue weighted by Gasteiger charge is 2.30. The Bertz CT molecular complexity index is 499. The number of hydrogen-bond acceptors (Lipinski definition) is 4. The van der Waals surface area contributed by atoms with Gasteiger partial charge in [-0.1, -0.05) is 6.42 Å². The standard InChI is InChI=1S/C12H18N2O3S/c13-10-4-6-11(7-5-10)18(16,17)14-12-3-1-2-9(12)8-15/h4-7,9,12,14-15H,1-3,8,13H2. The summed E-state index contributed by atoms with van der Waals surface area (Å²) in [5.74, 6) is 0.0218. The number of sulfonamides is 1. The van der Waals surface area contributed by atoms with E-state index in [1.54, 1.807) is 12.1 Å². The van der Waals surface area contributed by atoms with E-state index in [-0.39, 0.29) is 23.5 Å². The van der Waals surface area contributed by atoms with Crippen molar-refractivity contribution < 1.29 is 13.5 Å². The molecule has 0 aliphatic heterocycles. The highest BCUT2D eigenvalue weighted by molar-refractivity contribution is 7.89. The molecule has 4 N–H and O–H groups in total. The first-order valence-corrected chi connectivity index (χ1v) is 7.50. The van der Waals surface area contributed by atoms with Crippen molar-refractivity contribution in [3.63, 3.8) is 0 Å².